The fourth-order valence-electron chi connectivity index (χ4n) is 1.55. The summed E-state index contributed by atoms with van der Waals surface area (Å²) in [6.45, 7) is 0. The number of allylic oxidation sites excluding steroid dienone is 1. The summed E-state index contributed by atoms with van der Waals surface area (Å²) in [5.74, 6) is -0.257. The summed E-state index contributed by atoms with van der Waals surface area (Å²) in [4.78, 5) is 11.2. The zero-order valence-electron chi connectivity index (χ0n) is 6.87. The maximum Gasteiger partial charge on any atom is 0.340 e. The van der Waals surface area contributed by atoms with Crippen molar-refractivity contribution in [3.8, 4) is 0 Å². The Labute approximate surface area is 70.7 Å². The van der Waals surface area contributed by atoms with E-state index < -0.39 is 6.29 Å². The number of ether oxygens (including phenoxy) is 2. The van der Waals surface area contributed by atoms with E-state index in [1.54, 1.807) is 7.11 Å². The predicted octanol–water partition coefficient (Wildman–Crippen LogP) is 1.16. The van der Waals surface area contributed by atoms with Crippen LogP contribution < -0.4 is 0 Å². The van der Waals surface area contributed by atoms with Gasteiger partial charge in [0.05, 0.1) is 5.57 Å². The quantitative estimate of drug-likeness (QED) is 0.548. The van der Waals surface area contributed by atoms with Crippen molar-refractivity contribution in [1.82, 2.24) is 0 Å². The van der Waals surface area contributed by atoms with Gasteiger partial charge in [-0.1, -0.05) is 12.2 Å². The van der Waals surface area contributed by atoms with Gasteiger partial charge in [-0.2, -0.15) is 0 Å². The zero-order chi connectivity index (χ0) is 8.55. The molecule has 0 N–H and O–H groups in total. The first-order valence-electron chi connectivity index (χ1n) is 3.96. The molecule has 0 saturated carbocycles. The summed E-state index contributed by atoms with van der Waals surface area (Å²) in [5.41, 5.74) is 1.68. The molecule has 0 fully saturated rings. The van der Waals surface area contributed by atoms with Crippen molar-refractivity contribution in [2.75, 3.05) is 7.11 Å². The lowest BCUT2D eigenvalue weighted by molar-refractivity contribution is -0.155. The maximum atomic E-state index is 11.2. The van der Waals surface area contributed by atoms with Crippen molar-refractivity contribution in [3.63, 3.8) is 0 Å². The lowest BCUT2D eigenvalue weighted by atomic mass is 9.99. The van der Waals surface area contributed by atoms with Gasteiger partial charge in [0.2, 0.25) is 6.29 Å². The van der Waals surface area contributed by atoms with Gasteiger partial charge in [-0.15, -0.1) is 0 Å². The molecule has 2 aliphatic rings. The third-order valence-corrected chi connectivity index (χ3v) is 2.14. The van der Waals surface area contributed by atoms with E-state index in [1.807, 2.05) is 12.2 Å². The van der Waals surface area contributed by atoms with Gasteiger partial charge in [0.15, 0.2) is 0 Å². The van der Waals surface area contributed by atoms with Gasteiger partial charge in [0, 0.05) is 12.7 Å². The first-order chi connectivity index (χ1) is 5.83. The lowest BCUT2D eigenvalue weighted by Gasteiger charge is -2.11. The molecule has 0 saturated heterocycles. The van der Waals surface area contributed by atoms with E-state index in [0.717, 1.165) is 18.4 Å². The van der Waals surface area contributed by atoms with Crippen LogP contribution in [0.15, 0.2) is 23.3 Å². The molecule has 3 heteroatoms. The topological polar surface area (TPSA) is 35.5 Å². The Balaban J connectivity index is 2.34. The predicted molar refractivity (Wildman–Crippen MR) is 42.3 cm³/mol. The number of rotatable bonds is 1. The van der Waals surface area contributed by atoms with E-state index in [4.69, 9.17) is 9.47 Å². The third-order valence-electron chi connectivity index (χ3n) is 2.14. The summed E-state index contributed by atoms with van der Waals surface area (Å²) < 4.78 is 9.99. The van der Waals surface area contributed by atoms with Crippen LogP contribution in [0.1, 0.15) is 12.8 Å². The molecule has 0 aromatic heterocycles. The number of carbonyl (C=O) groups excluding carboxylic acids is 1. The molecule has 0 spiro atoms. The first kappa shape index (κ1) is 7.55. The minimum Gasteiger partial charge on any atom is -0.428 e. The fourth-order valence-corrected chi connectivity index (χ4v) is 1.55. The first-order valence-corrected chi connectivity index (χ1v) is 3.96. The van der Waals surface area contributed by atoms with Crippen molar-refractivity contribution >= 4 is 5.97 Å². The van der Waals surface area contributed by atoms with Crippen LogP contribution in [0.3, 0.4) is 0 Å². The smallest absolute Gasteiger partial charge is 0.340 e. The number of methoxy groups -OCH3 is 1. The lowest BCUT2D eigenvalue weighted by Crippen LogP contribution is -2.13. The van der Waals surface area contributed by atoms with Gasteiger partial charge in [0.25, 0.3) is 0 Å². The van der Waals surface area contributed by atoms with Crippen molar-refractivity contribution in [1.29, 1.82) is 0 Å². The summed E-state index contributed by atoms with van der Waals surface area (Å²) in [6.07, 6.45) is 5.21. The number of cyclic esters (lactones) is 1. The average Bonchev–Trinajstić information content (AvgIpc) is 2.44. The number of esters is 1. The van der Waals surface area contributed by atoms with Crippen molar-refractivity contribution in [2.24, 2.45) is 0 Å². The Morgan fingerprint density at radius 2 is 2.50 bits per heavy atom. The molecule has 2 rings (SSSR count). The van der Waals surface area contributed by atoms with Crippen LogP contribution in [0.2, 0.25) is 0 Å². The molecule has 12 heavy (non-hydrogen) atoms. The van der Waals surface area contributed by atoms with Crippen LogP contribution in [0.4, 0.5) is 0 Å². The highest BCUT2D eigenvalue weighted by Gasteiger charge is 2.33. The second-order valence-electron chi connectivity index (χ2n) is 2.85. The van der Waals surface area contributed by atoms with Crippen LogP contribution in [-0.2, 0) is 14.3 Å². The average molecular weight is 166 g/mol. The Bertz CT molecular complexity index is 275. The highest BCUT2D eigenvalue weighted by molar-refractivity contribution is 5.95. The van der Waals surface area contributed by atoms with E-state index in [9.17, 15) is 4.79 Å². The maximum absolute atomic E-state index is 11.2. The molecule has 64 valence electrons. The highest BCUT2D eigenvalue weighted by Crippen LogP contribution is 2.30. The van der Waals surface area contributed by atoms with E-state index >= 15 is 0 Å². The normalized spacial score (nSPS) is 27.4. The third kappa shape index (κ3) is 0.975. The molecule has 0 amide bonds. The number of hydrogen-bond donors (Lipinski definition) is 0. The molecule has 1 heterocycles. The van der Waals surface area contributed by atoms with Gasteiger partial charge in [0.1, 0.15) is 0 Å². The molecule has 0 radical (unpaired) electrons. The molecule has 3 nitrogen and oxygen atoms in total. The standard InChI is InChI=1S/C9H10O3/c1-11-9-7-5-3-2-4-6(7)8(10)12-9/h2,4,9H,3,5H2,1H3. The molecule has 0 bridgehead atoms. The van der Waals surface area contributed by atoms with Gasteiger partial charge in [-0.25, -0.2) is 4.79 Å². The molecular formula is C9H10O3. The Hall–Kier alpha value is -1.09. The Kier molecular flexibility index (Phi) is 1.73. The molecule has 1 unspecified atom stereocenters. The van der Waals surface area contributed by atoms with Gasteiger partial charge < -0.3 is 9.47 Å². The van der Waals surface area contributed by atoms with Crippen molar-refractivity contribution in [3.05, 3.63) is 23.3 Å². The summed E-state index contributed by atoms with van der Waals surface area (Å²) >= 11 is 0. The highest BCUT2D eigenvalue weighted by atomic mass is 16.7. The van der Waals surface area contributed by atoms with Gasteiger partial charge in [-0.05, 0) is 12.8 Å². The fraction of sp³-hybridized carbons (Fsp3) is 0.444. The van der Waals surface area contributed by atoms with E-state index in [-0.39, 0.29) is 5.97 Å². The van der Waals surface area contributed by atoms with Gasteiger partial charge >= 0.3 is 5.97 Å². The monoisotopic (exact) mass is 166 g/mol. The summed E-state index contributed by atoms with van der Waals surface area (Å²) in [5, 5.41) is 0. The van der Waals surface area contributed by atoms with E-state index in [1.165, 1.54) is 0 Å². The molecular weight excluding hydrogens is 156 g/mol. The van der Waals surface area contributed by atoms with Crippen LogP contribution in [-0.4, -0.2) is 19.4 Å². The zero-order valence-corrected chi connectivity index (χ0v) is 6.87. The number of hydrogen-bond acceptors (Lipinski definition) is 3. The van der Waals surface area contributed by atoms with Crippen LogP contribution >= 0.6 is 0 Å². The molecule has 1 atom stereocenters. The number of carbonyl (C=O) groups is 1. The summed E-state index contributed by atoms with van der Waals surface area (Å²) in [6, 6.07) is 0. The van der Waals surface area contributed by atoms with Crippen molar-refractivity contribution in [2.45, 2.75) is 19.1 Å². The molecule has 0 aromatic rings. The second-order valence-corrected chi connectivity index (χ2v) is 2.85. The van der Waals surface area contributed by atoms with Crippen LogP contribution in [0, 0.1) is 0 Å². The van der Waals surface area contributed by atoms with Crippen LogP contribution in [0.5, 0.6) is 0 Å². The SMILES string of the molecule is COC1OC(=O)C2=C1CCC=C2. The molecule has 0 aromatic carbocycles. The van der Waals surface area contributed by atoms with E-state index in [2.05, 4.69) is 0 Å². The Morgan fingerprint density at radius 3 is 3.25 bits per heavy atom. The van der Waals surface area contributed by atoms with Crippen molar-refractivity contribution < 1.29 is 14.3 Å². The molecule has 1 aliphatic heterocycles. The summed E-state index contributed by atoms with van der Waals surface area (Å²) in [7, 11) is 1.55. The largest absolute Gasteiger partial charge is 0.428 e. The second kappa shape index (κ2) is 2.75. The Morgan fingerprint density at radius 1 is 1.67 bits per heavy atom. The minimum absolute atomic E-state index is 0.257. The minimum atomic E-state index is -0.433. The molecule has 1 aliphatic carbocycles. The van der Waals surface area contributed by atoms with E-state index in [0.29, 0.717) is 5.57 Å². The van der Waals surface area contributed by atoms with Crippen LogP contribution in [0.25, 0.3) is 0 Å². The van der Waals surface area contributed by atoms with Gasteiger partial charge in [-0.3, -0.25) is 0 Å².